The minimum atomic E-state index is -1.28. The second-order valence-corrected chi connectivity index (χ2v) is 2.91. The maximum atomic E-state index is 9.40. The number of aliphatic hydroxyl groups excluding tert-OH is 3. The van der Waals surface area contributed by atoms with Gasteiger partial charge < -0.3 is 24.8 Å². The van der Waals surface area contributed by atoms with Crippen LogP contribution >= 0.6 is 0 Å². The van der Waals surface area contributed by atoms with Crippen LogP contribution in [0.25, 0.3) is 0 Å². The van der Waals surface area contributed by atoms with Gasteiger partial charge in [0.15, 0.2) is 6.29 Å². The Morgan fingerprint density at radius 3 is 2.25 bits per heavy atom. The quantitative estimate of drug-likeness (QED) is 0.453. The van der Waals surface area contributed by atoms with Crippen LogP contribution in [0.3, 0.4) is 0 Å². The molecule has 5 nitrogen and oxygen atoms in total. The first kappa shape index (κ1) is 9.88. The number of hydrogen-bond acceptors (Lipinski definition) is 5. The van der Waals surface area contributed by atoms with Crippen molar-refractivity contribution in [1.82, 2.24) is 0 Å². The van der Waals surface area contributed by atoms with Crippen molar-refractivity contribution in [1.29, 1.82) is 0 Å². The molecule has 1 fully saturated rings. The van der Waals surface area contributed by atoms with Gasteiger partial charge in [-0.05, 0) is 6.92 Å². The SMILES string of the molecule is COC1C(O)C(C)OC(O)C1O. The summed E-state index contributed by atoms with van der Waals surface area (Å²) in [4.78, 5) is 0. The van der Waals surface area contributed by atoms with Crippen molar-refractivity contribution in [2.45, 2.75) is 37.6 Å². The summed E-state index contributed by atoms with van der Waals surface area (Å²) in [6, 6.07) is 0. The van der Waals surface area contributed by atoms with E-state index in [0.717, 1.165) is 0 Å². The van der Waals surface area contributed by atoms with E-state index in [1.165, 1.54) is 7.11 Å². The molecule has 1 rings (SSSR count). The smallest absolute Gasteiger partial charge is 0.183 e. The standard InChI is InChI=1S/C7H14O5/c1-3-4(8)6(11-2)5(9)7(10)12-3/h3-10H,1-2H3. The summed E-state index contributed by atoms with van der Waals surface area (Å²) >= 11 is 0. The average Bonchev–Trinajstić information content (AvgIpc) is 2.02. The van der Waals surface area contributed by atoms with E-state index in [1.807, 2.05) is 0 Å². The third kappa shape index (κ3) is 1.60. The molecule has 0 radical (unpaired) electrons. The van der Waals surface area contributed by atoms with E-state index in [9.17, 15) is 10.2 Å². The van der Waals surface area contributed by atoms with E-state index >= 15 is 0 Å². The van der Waals surface area contributed by atoms with E-state index in [1.54, 1.807) is 6.92 Å². The molecule has 5 atom stereocenters. The molecule has 0 aliphatic carbocycles. The second kappa shape index (κ2) is 3.68. The molecule has 0 aromatic heterocycles. The predicted molar refractivity (Wildman–Crippen MR) is 39.4 cm³/mol. The number of hydrogen-bond donors (Lipinski definition) is 3. The molecule has 0 bridgehead atoms. The van der Waals surface area contributed by atoms with Crippen LogP contribution in [0.4, 0.5) is 0 Å². The Bertz CT molecular complexity index is 137. The minimum absolute atomic E-state index is 0.534. The maximum Gasteiger partial charge on any atom is 0.183 e. The second-order valence-electron chi connectivity index (χ2n) is 2.91. The van der Waals surface area contributed by atoms with Crippen LogP contribution in [0.2, 0.25) is 0 Å². The highest BCUT2D eigenvalue weighted by molar-refractivity contribution is 4.87. The van der Waals surface area contributed by atoms with Crippen molar-refractivity contribution < 1.29 is 24.8 Å². The molecule has 1 aliphatic rings. The number of rotatable bonds is 1. The van der Waals surface area contributed by atoms with Crippen molar-refractivity contribution in [3.63, 3.8) is 0 Å². The third-order valence-electron chi connectivity index (χ3n) is 2.07. The molecule has 1 aliphatic heterocycles. The summed E-state index contributed by atoms with van der Waals surface area (Å²) in [6.07, 6.45) is -4.71. The van der Waals surface area contributed by atoms with E-state index in [0.29, 0.717) is 0 Å². The molecule has 1 heterocycles. The van der Waals surface area contributed by atoms with Crippen molar-refractivity contribution >= 4 is 0 Å². The van der Waals surface area contributed by atoms with Crippen LogP contribution in [0.15, 0.2) is 0 Å². The molecule has 0 aromatic rings. The van der Waals surface area contributed by atoms with Crippen LogP contribution in [0.5, 0.6) is 0 Å². The van der Waals surface area contributed by atoms with E-state index < -0.39 is 30.7 Å². The zero-order valence-electron chi connectivity index (χ0n) is 7.04. The summed E-state index contributed by atoms with van der Waals surface area (Å²) in [5.74, 6) is 0. The molecular formula is C7H14O5. The minimum Gasteiger partial charge on any atom is -0.388 e. The zero-order valence-corrected chi connectivity index (χ0v) is 7.04. The molecule has 1 saturated heterocycles. The lowest BCUT2D eigenvalue weighted by Gasteiger charge is -2.38. The first-order valence-electron chi connectivity index (χ1n) is 3.80. The van der Waals surface area contributed by atoms with E-state index in [4.69, 9.17) is 14.6 Å². The van der Waals surface area contributed by atoms with Gasteiger partial charge in [-0.15, -0.1) is 0 Å². The van der Waals surface area contributed by atoms with Crippen LogP contribution in [-0.4, -0.2) is 53.1 Å². The Kier molecular flexibility index (Phi) is 3.03. The summed E-state index contributed by atoms with van der Waals surface area (Å²) in [7, 11) is 1.36. The summed E-state index contributed by atoms with van der Waals surface area (Å²) in [6.45, 7) is 1.60. The lowest BCUT2D eigenvalue weighted by Crippen LogP contribution is -2.57. The largest absolute Gasteiger partial charge is 0.388 e. The van der Waals surface area contributed by atoms with Gasteiger partial charge >= 0.3 is 0 Å². The van der Waals surface area contributed by atoms with Crippen LogP contribution in [-0.2, 0) is 9.47 Å². The zero-order chi connectivity index (χ0) is 9.30. The van der Waals surface area contributed by atoms with Crippen LogP contribution in [0.1, 0.15) is 6.92 Å². The lowest BCUT2D eigenvalue weighted by atomic mass is 10.00. The van der Waals surface area contributed by atoms with Gasteiger partial charge in [-0.2, -0.15) is 0 Å². The summed E-state index contributed by atoms with van der Waals surface area (Å²) in [5.41, 5.74) is 0. The van der Waals surface area contributed by atoms with Gasteiger partial charge in [0.05, 0.1) is 6.10 Å². The molecule has 5 heteroatoms. The lowest BCUT2D eigenvalue weighted by molar-refractivity contribution is -0.282. The Morgan fingerprint density at radius 1 is 1.17 bits per heavy atom. The monoisotopic (exact) mass is 178 g/mol. The van der Waals surface area contributed by atoms with Gasteiger partial charge in [0.1, 0.15) is 18.3 Å². The molecule has 5 unspecified atom stereocenters. The molecule has 3 N–H and O–H groups in total. The van der Waals surface area contributed by atoms with Gasteiger partial charge in [-0.3, -0.25) is 0 Å². The maximum absolute atomic E-state index is 9.40. The summed E-state index contributed by atoms with van der Waals surface area (Å²) < 4.78 is 9.63. The first-order valence-corrected chi connectivity index (χ1v) is 3.80. The Morgan fingerprint density at radius 2 is 1.75 bits per heavy atom. The fourth-order valence-corrected chi connectivity index (χ4v) is 1.29. The predicted octanol–water partition coefficient (Wildman–Crippen LogP) is -1.54. The Balaban J connectivity index is 2.67. The highest BCUT2D eigenvalue weighted by atomic mass is 16.6. The molecule has 72 valence electrons. The molecule has 0 spiro atoms. The summed E-state index contributed by atoms with van der Waals surface area (Å²) in [5, 5.41) is 27.8. The van der Waals surface area contributed by atoms with Crippen molar-refractivity contribution in [2.24, 2.45) is 0 Å². The number of aliphatic hydroxyl groups is 3. The van der Waals surface area contributed by atoms with Crippen molar-refractivity contribution in [3.05, 3.63) is 0 Å². The topological polar surface area (TPSA) is 79.2 Å². The van der Waals surface area contributed by atoms with Gasteiger partial charge in [-0.25, -0.2) is 0 Å². The molecule has 0 aromatic carbocycles. The Hall–Kier alpha value is -0.200. The molecule has 12 heavy (non-hydrogen) atoms. The van der Waals surface area contributed by atoms with Crippen LogP contribution in [0, 0.1) is 0 Å². The average molecular weight is 178 g/mol. The van der Waals surface area contributed by atoms with Crippen molar-refractivity contribution in [3.8, 4) is 0 Å². The van der Waals surface area contributed by atoms with E-state index in [-0.39, 0.29) is 0 Å². The molecule has 0 amide bonds. The fourth-order valence-electron chi connectivity index (χ4n) is 1.29. The van der Waals surface area contributed by atoms with Gasteiger partial charge in [0.25, 0.3) is 0 Å². The van der Waals surface area contributed by atoms with Gasteiger partial charge in [0.2, 0.25) is 0 Å². The first-order chi connectivity index (χ1) is 5.57. The van der Waals surface area contributed by atoms with Gasteiger partial charge in [0, 0.05) is 7.11 Å². The Labute approximate surface area is 70.5 Å². The number of ether oxygens (including phenoxy) is 2. The highest BCUT2D eigenvalue weighted by Gasteiger charge is 2.42. The van der Waals surface area contributed by atoms with Crippen molar-refractivity contribution in [2.75, 3.05) is 7.11 Å². The fraction of sp³-hybridized carbons (Fsp3) is 1.00. The third-order valence-corrected chi connectivity index (χ3v) is 2.07. The molecular weight excluding hydrogens is 164 g/mol. The number of methoxy groups -OCH3 is 1. The normalized spacial score (nSPS) is 49.2. The van der Waals surface area contributed by atoms with Gasteiger partial charge in [-0.1, -0.05) is 0 Å². The molecule has 0 saturated carbocycles. The van der Waals surface area contributed by atoms with Crippen LogP contribution < -0.4 is 0 Å². The highest BCUT2D eigenvalue weighted by Crippen LogP contribution is 2.21. The van der Waals surface area contributed by atoms with E-state index in [2.05, 4.69) is 0 Å².